The van der Waals surface area contributed by atoms with Crippen LogP contribution in [0, 0.1) is 92.7 Å². The maximum absolute atomic E-state index is 15.0. The number of phenols is 2. The van der Waals surface area contributed by atoms with Gasteiger partial charge < -0.3 is 39.8 Å². The second-order valence-corrected chi connectivity index (χ2v) is 50.7. The van der Waals surface area contributed by atoms with Crippen molar-refractivity contribution >= 4 is 68.3 Å². The fourth-order valence-corrected chi connectivity index (χ4v) is 28.8. The highest BCUT2D eigenvalue weighted by Crippen LogP contribution is 2.70. The topological polar surface area (TPSA) is 194 Å². The van der Waals surface area contributed by atoms with Crippen molar-refractivity contribution in [1.82, 2.24) is 0 Å². The Hall–Kier alpha value is -9.56. The Bertz CT molecular complexity index is 5520. The van der Waals surface area contributed by atoms with Gasteiger partial charge in [-0.05, 0) is 295 Å². The summed E-state index contributed by atoms with van der Waals surface area (Å²) in [5, 5.41) is 42.3. The fourth-order valence-electron chi connectivity index (χ4n) is 28.8. The van der Waals surface area contributed by atoms with Crippen molar-refractivity contribution in [1.29, 1.82) is 0 Å². The average Bonchev–Trinajstić information content (AvgIpc) is 1.54. The standard InChI is InChI=1S/C124H164N4O10/c1-73(2)29-23-31-75(5)99-45-47-101-97-43-41-85-69-91(49-53-121(85,19)103(97)51-55-123(99,101)21)137-115(133)127-107-39-27-33-93-95(107)35-25-37-105(93)125-109(129)71-135-113-81-57-77-61-87(117(7,8)9)63-79(111(77)131)59-83-67-90(120(16,17)18)68-84(60-80-64-88(118(10,11)12)62-78(112(80)132)58-82(113)66-89(65-81)119(13,14)15)114(83)136-72-110(130)126-106-38-26-36-96-94(106)34-28-40-108(96)128-116(134)138-92-50-54-122(20)86(70-92)42-44-98-102-48-46-100(76(6)32-24-30-74(3)4)124(102,22)56-52-104(98)122/h25-28,33-42,61-68,73-76,91-92,97-104,131-132H,23-24,29-32,43-60,69-72H2,1-22H3,(H,125,129)(H,126,130)(H,127,133)(H,128,134)/t75-,76-,91+,92+,97+,98+,99-,100-,101+,102+,103+,104+,121+,122+,123-,124-/m1/s1. The number of carbonyl (C=O) groups excluding carboxylic acids is 4. The van der Waals surface area contributed by atoms with Gasteiger partial charge >= 0.3 is 12.2 Å². The number of ether oxygens (including phenoxy) is 4. The zero-order valence-corrected chi connectivity index (χ0v) is 87.7. The SMILES string of the molecule is CC(C)CCC[C@@H](C)[C@H]1CC[C@H]2[C@@H]3CC=C4C[C@@H](OC(=O)Nc5cccc6c(NC(=O)COc7c8cc(C(C)(C)C)cc7Cc7cc(C(C)(C)C)cc(c7O)Cc7cc(C(C)(C)C)cc(c7OCC(=O)Nc7cccc9c(NC(=O)O[C@H]%10CC[C@@]%11(C)C(=CC[C@H]%12[C@@H]%13CC[C@H]([C@H](C)CCCC(C)C)[C@@]%13(C)CC[C@@H]%12%11)C%10)cccc79)Cc7cc(C(C)(C)C)cc(c7O)C8)cccc56)CC[C@]4(C)[C@H]3CC[C@]12C. The highest BCUT2D eigenvalue weighted by molar-refractivity contribution is 6.10. The number of hydrogen-bond acceptors (Lipinski definition) is 10. The van der Waals surface area contributed by atoms with Crippen LogP contribution in [0.3, 0.4) is 0 Å². The van der Waals surface area contributed by atoms with Crippen LogP contribution in [-0.2, 0) is 66.4 Å². The first-order chi connectivity index (χ1) is 65.2. The van der Waals surface area contributed by atoms with Crippen molar-refractivity contribution < 1.29 is 48.3 Å². The van der Waals surface area contributed by atoms with Crippen LogP contribution in [0.5, 0.6) is 23.0 Å². The van der Waals surface area contributed by atoms with Crippen LogP contribution in [0.25, 0.3) is 21.5 Å². The number of carbonyl (C=O) groups is 4. The normalized spacial score (nSPS) is 26.7. The van der Waals surface area contributed by atoms with Crippen molar-refractivity contribution in [3.8, 4) is 23.0 Å². The molecule has 8 aromatic rings. The van der Waals surface area contributed by atoms with Crippen molar-refractivity contribution in [3.05, 3.63) is 211 Å². The van der Waals surface area contributed by atoms with Gasteiger partial charge in [0, 0.05) is 71.4 Å². The Morgan fingerprint density at radius 1 is 0.377 bits per heavy atom. The smallest absolute Gasteiger partial charge is 0.411 e. The lowest BCUT2D eigenvalue weighted by Gasteiger charge is -2.58. The lowest BCUT2D eigenvalue weighted by molar-refractivity contribution is -0.118. The lowest BCUT2D eigenvalue weighted by Crippen LogP contribution is -2.51. The molecular formula is C124H164N4O10. The van der Waals surface area contributed by atoms with Crippen LogP contribution in [-0.4, -0.2) is 59.6 Å². The van der Waals surface area contributed by atoms with Gasteiger partial charge in [0.05, 0.1) is 11.4 Å². The minimum Gasteiger partial charge on any atom is -0.507 e. The molecular weight excluding hydrogens is 1710 g/mol. The minimum atomic E-state index is -0.485. The summed E-state index contributed by atoms with van der Waals surface area (Å²) >= 11 is 0. The predicted molar refractivity (Wildman–Crippen MR) is 565 cm³/mol. The summed E-state index contributed by atoms with van der Waals surface area (Å²) < 4.78 is 27.0. The van der Waals surface area contributed by atoms with Crippen molar-refractivity contribution in [3.63, 3.8) is 0 Å². The summed E-state index contributed by atoms with van der Waals surface area (Å²) in [6.07, 6.45) is 30.8. The van der Waals surface area contributed by atoms with Crippen molar-refractivity contribution in [2.75, 3.05) is 34.5 Å². The molecule has 9 aliphatic carbocycles. The molecule has 0 aromatic heterocycles. The molecule has 0 heterocycles. The zero-order chi connectivity index (χ0) is 98.4. The van der Waals surface area contributed by atoms with Crippen LogP contribution in [0.2, 0.25) is 0 Å². The molecule has 8 aromatic carbocycles. The van der Waals surface area contributed by atoms with Gasteiger partial charge in [-0.3, -0.25) is 20.2 Å². The molecule has 0 spiro atoms. The van der Waals surface area contributed by atoms with E-state index in [1.165, 1.54) is 101 Å². The molecule has 0 aliphatic heterocycles. The van der Waals surface area contributed by atoms with Crippen LogP contribution < -0.4 is 30.7 Å². The third-order valence-corrected chi connectivity index (χ3v) is 36.6. The highest BCUT2D eigenvalue weighted by Gasteiger charge is 2.62. The number of allylic oxidation sites excluding steroid dienone is 2. The van der Waals surface area contributed by atoms with Crippen LogP contribution >= 0.6 is 0 Å². The summed E-state index contributed by atoms with van der Waals surface area (Å²) in [5.41, 5.74) is 14.5. The van der Waals surface area contributed by atoms with Gasteiger partial charge in [-0.15, -0.1) is 0 Å². The third kappa shape index (κ3) is 20.4. The highest BCUT2D eigenvalue weighted by atomic mass is 16.6. The quantitative estimate of drug-likeness (QED) is 0.0356. The second kappa shape index (κ2) is 39.0. The van der Waals surface area contributed by atoms with E-state index in [-0.39, 0.29) is 84.3 Å². The lowest BCUT2D eigenvalue weighted by atomic mass is 9.47. The van der Waals surface area contributed by atoms with E-state index in [0.29, 0.717) is 79.2 Å². The number of anilines is 4. The first-order valence-electron chi connectivity index (χ1n) is 53.5. The Morgan fingerprint density at radius 3 is 0.986 bits per heavy atom. The van der Waals surface area contributed by atoms with Gasteiger partial charge in [-0.2, -0.15) is 0 Å². The summed E-state index contributed by atoms with van der Waals surface area (Å²) in [6, 6.07) is 39.9. The van der Waals surface area contributed by atoms with E-state index in [2.05, 4.69) is 234 Å². The van der Waals surface area contributed by atoms with E-state index >= 15 is 0 Å². The van der Waals surface area contributed by atoms with Gasteiger partial charge in [-0.25, -0.2) is 9.59 Å². The number of aromatic hydroxyl groups is 2. The molecule has 6 fully saturated rings. The molecule has 4 amide bonds. The molecule has 6 N–H and O–H groups in total. The largest absolute Gasteiger partial charge is 0.507 e. The van der Waals surface area contributed by atoms with E-state index in [4.69, 9.17) is 18.9 Å². The fraction of sp³-hybridized carbons (Fsp3) is 0.581. The molecule has 138 heavy (non-hydrogen) atoms. The van der Waals surface area contributed by atoms with E-state index in [1.54, 1.807) is 0 Å². The molecule has 14 nitrogen and oxygen atoms in total. The molecule has 17 rings (SSSR count). The van der Waals surface area contributed by atoms with Crippen LogP contribution in [0.4, 0.5) is 32.3 Å². The second-order valence-electron chi connectivity index (χ2n) is 50.7. The average molecular weight is 1870 g/mol. The van der Waals surface area contributed by atoms with Gasteiger partial charge in [0.15, 0.2) is 13.2 Å². The Kier molecular flexibility index (Phi) is 28.3. The van der Waals surface area contributed by atoms with Crippen molar-refractivity contribution in [2.45, 2.75) is 353 Å². The summed E-state index contributed by atoms with van der Waals surface area (Å²) in [6.45, 7) is 50.4. The molecule has 14 heteroatoms. The summed E-state index contributed by atoms with van der Waals surface area (Å²) in [5.74, 6) is 9.43. The van der Waals surface area contributed by atoms with Gasteiger partial charge in [-0.1, -0.05) is 311 Å². The van der Waals surface area contributed by atoms with Gasteiger partial charge in [0.25, 0.3) is 11.8 Å². The number of benzene rings is 8. The maximum Gasteiger partial charge on any atom is 0.411 e. The number of rotatable bonds is 22. The molecule has 0 radical (unpaired) electrons. The molecule has 6 saturated carbocycles. The Balaban J connectivity index is 0.603. The third-order valence-electron chi connectivity index (χ3n) is 36.6. The molecule has 0 unspecified atom stereocenters. The maximum atomic E-state index is 15.0. The number of fused-ring (bicyclic) bond motifs is 20. The molecule has 9 aliphatic rings. The molecule has 16 atom stereocenters. The Morgan fingerprint density at radius 2 is 0.681 bits per heavy atom. The first kappa shape index (κ1) is 100.0. The number of amides is 4. The first-order valence-corrected chi connectivity index (χ1v) is 53.5. The van der Waals surface area contributed by atoms with E-state index in [1.807, 2.05) is 72.8 Å². The van der Waals surface area contributed by atoms with Gasteiger partial charge in [0.1, 0.15) is 35.2 Å². The summed E-state index contributed by atoms with van der Waals surface area (Å²) in [4.78, 5) is 58.5. The van der Waals surface area contributed by atoms with Gasteiger partial charge in [0.2, 0.25) is 0 Å². The zero-order valence-electron chi connectivity index (χ0n) is 87.7. The van der Waals surface area contributed by atoms with Crippen molar-refractivity contribution in [2.24, 2.45) is 92.7 Å². The molecule has 0 saturated heterocycles. The monoisotopic (exact) mass is 1870 g/mol. The van der Waals surface area contributed by atoms with E-state index in [9.17, 15) is 29.4 Å². The summed E-state index contributed by atoms with van der Waals surface area (Å²) in [7, 11) is 0. The van der Waals surface area contributed by atoms with E-state index < -0.39 is 34.8 Å². The molecule has 8 bridgehead atoms. The number of nitrogens with one attached hydrogen (secondary N) is 4. The number of hydrogen-bond donors (Lipinski definition) is 6. The van der Waals surface area contributed by atoms with Crippen LogP contribution in [0.1, 0.15) is 360 Å². The number of phenolic OH excluding ortho intramolecular Hbond substituents is 2. The van der Waals surface area contributed by atoms with E-state index in [0.717, 1.165) is 177 Å². The minimum absolute atomic E-state index is 0.108. The molecule has 740 valence electrons. The Labute approximate surface area is 826 Å². The predicted octanol–water partition coefficient (Wildman–Crippen LogP) is 31.2. The van der Waals surface area contributed by atoms with Crippen LogP contribution in [0.15, 0.2) is 145 Å².